The first-order valence-corrected chi connectivity index (χ1v) is 11.6. The number of ether oxygens (including phenoxy) is 3. The summed E-state index contributed by atoms with van der Waals surface area (Å²) >= 11 is 0. The van der Waals surface area contributed by atoms with Gasteiger partial charge in [0.2, 0.25) is 0 Å². The summed E-state index contributed by atoms with van der Waals surface area (Å²) in [6.07, 6.45) is 11.0. The van der Waals surface area contributed by atoms with Crippen molar-refractivity contribution in [3.8, 4) is 0 Å². The molecule has 32 heavy (non-hydrogen) atoms. The molecule has 0 aliphatic rings. The molecule has 0 aliphatic heterocycles. The van der Waals surface area contributed by atoms with Crippen molar-refractivity contribution >= 4 is 17.9 Å². The summed E-state index contributed by atoms with van der Waals surface area (Å²) in [6, 6.07) is 0. The lowest BCUT2D eigenvalue weighted by Crippen LogP contribution is -2.08. The lowest BCUT2D eigenvalue weighted by molar-refractivity contribution is -0.140. The molecule has 0 rings (SSSR count). The van der Waals surface area contributed by atoms with E-state index in [1.54, 1.807) is 20.8 Å². The van der Waals surface area contributed by atoms with Crippen LogP contribution in [0.25, 0.3) is 0 Å². The first-order valence-electron chi connectivity index (χ1n) is 11.6. The number of rotatable bonds is 17. The SMILES string of the molecule is C=C(C)C(=O)OCCCCCCCCC.C=C(C)C(=O)OCCCCCOC(=O)C(=C)C. The van der Waals surface area contributed by atoms with Crippen LogP contribution in [0.15, 0.2) is 36.5 Å². The highest BCUT2D eigenvalue weighted by atomic mass is 16.5. The summed E-state index contributed by atoms with van der Waals surface area (Å²) in [5.41, 5.74) is 1.29. The van der Waals surface area contributed by atoms with Gasteiger partial charge < -0.3 is 14.2 Å². The summed E-state index contributed by atoms with van der Waals surface area (Å²) < 4.78 is 14.8. The van der Waals surface area contributed by atoms with E-state index < -0.39 is 0 Å². The van der Waals surface area contributed by atoms with Gasteiger partial charge in [-0.2, -0.15) is 0 Å². The third-order valence-corrected chi connectivity index (χ3v) is 4.28. The third kappa shape index (κ3) is 22.3. The average Bonchev–Trinajstić information content (AvgIpc) is 2.74. The Hall–Kier alpha value is -2.37. The van der Waals surface area contributed by atoms with Gasteiger partial charge in [-0.3, -0.25) is 0 Å². The highest BCUT2D eigenvalue weighted by Gasteiger charge is 2.04. The molecule has 6 heteroatoms. The minimum absolute atomic E-state index is 0.263. The lowest BCUT2D eigenvalue weighted by atomic mass is 10.1. The molecule has 0 aromatic heterocycles. The molecule has 0 heterocycles. The predicted molar refractivity (Wildman–Crippen MR) is 129 cm³/mol. The van der Waals surface area contributed by atoms with Crippen LogP contribution in [0.4, 0.5) is 0 Å². The fourth-order valence-electron chi connectivity index (χ4n) is 2.30. The van der Waals surface area contributed by atoms with Gasteiger partial charge in [0.05, 0.1) is 19.8 Å². The summed E-state index contributed by atoms with van der Waals surface area (Å²) in [6.45, 7) is 18.9. The van der Waals surface area contributed by atoms with Gasteiger partial charge in [-0.05, 0) is 46.5 Å². The van der Waals surface area contributed by atoms with Crippen LogP contribution in [0.2, 0.25) is 0 Å². The molecule has 0 aromatic rings. The number of hydrogen-bond donors (Lipinski definition) is 0. The molecule has 0 fully saturated rings. The minimum Gasteiger partial charge on any atom is -0.462 e. The van der Waals surface area contributed by atoms with Crippen LogP contribution in [0, 0.1) is 0 Å². The summed E-state index contributed by atoms with van der Waals surface area (Å²) in [5, 5.41) is 0. The third-order valence-electron chi connectivity index (χ3n) is 4.28. The molecule has 0 aromatic carbocycles. The van der Waals surface area contributed by atoms with E-state index in [0.717, 1.165) is 32.1 Å². The average molecular weight is 453 g/mol. The van der Waals surface area contributed by atoms with Crippen LogP contribution in [-0.4, -0.2) is 37.7 Å². The van der Waals surface area contributed by atoms with E-state index >= 15 is 0 Å². The van der Waals surface area contributed by atoms with Crippen molar-refractivity contribution in [3.05, 3.63) is 36.5 Å². The molecule has 0 radical (unpaired) electrons. The Kier molecular flexibility index (Phi) is 21.7. The van der Waals surface area contributed by atoms with E-state index in [0.29, 0.717) is 36.5 Å². The highest BCUT2D eigenvalue weighted by molar-refractivity contribution is 5.87. The fraction of sp³-hybridized carbons (Fsp3) is 0.654. The standard InChI is InChI=1S/C13H20O4.C13H24O2/c1-10(2)12(14)16-8-6-5-7-9-17-13(15)11(3)4;1-4-5-6-7-8-9-10-11-15-13(14)12(2)3/h1,3,5-9H2,2,4H3;2,4-11H2,1,3H3. The number of carbonyl (C=O) groups excluding carboxylic acids is 3. The molecule has 0 saturated carbocycles. The van der Waals surface area contributed by atoms with Crippen molar-refractivity contribution in [3.63, 3.8) is 0 Å². The summed E-state index contributed by atoms with van der Waals surface area (Å²) in [7, 11) is 0. The van der Waals surface area contributed by atoms with Gasteiger partial charge in [-0.15, -0.1) is 0 Å². The highest BCUT2D eigenvalue weighted by Crippen LogP contribution is 2.07. The van der Waals surface area contributed by atoms with E-state index in [1.165, 1.54) is 32.1 Å². The van der Waals surface area contributed by atoms with Crippen LogP contribution in [0.1, 0.15) is 91.9 Å². The minimum atomic E-state index is -0.362. The number of unbranched alkanes of at least 4 members (excludes halogenated alkanes) is 8. The zero-order valence-corrected chi connectivity index (χ0v) is 20.8. The molecule has 0 atom stereocenters. The van der Waals surface area contributed by atoms with Gasteiger partial charge >= 0.3 is 17.9 Å². The van der Waals surface area contributed by atoms with Crippen molar-refractivity contribution in [2.24, 2.45) is 0 Å². The van der Waals surface area contributed by atoms with Crippen LogP contribution in [0.3, 0.4) is 0 Å². The Morgan fingerprint density at radius 2 is 0.750 bits per heavy atom. The summed E-state index contributed by atoms with van der Waals surface area (Å²) in [5.74, 6) is -0.988. The van der Waals surface area contributed by atoms with Crippen LogP contribution in [0.5, 0.6) is 0 Å². The Morgan fingerprint density at radius 3 is 1.03 bits per heavy atom. The molecule has 6 nitrogen and oxygen atoms in total. The first-order chi connectivity index (χ1) is 15.1. The fourth-order valence-corrected chi connectivity index (χ4v) is 2.30. The van der Waals surface area contributed by atoms with E-state index in [9.17, 15) is 14.4 Å². The Labute approximate surface area is 195 Å². The predicted octanol–water partition coefficient (Wildman–Crippen LogP) is 6.25. The van der Waals surface area contributed by atoms with Gasteiger partial charge in [0, 0.05) is 16.7 Å². The molecule has 0 unspecified atom stereocenters. The first kappa shape index (κ1) is 31.8. The van der Waals surface area contributed by atoms with E-state index in [-0.39, 0.29) is 17.9 Å². The molecule has 0 spiro atoms. The van der Waals surface area contributed by atoms with Crippen molar-refractivity contribution in [1.82, 2.24) is 0 Å². The zero-order valence-electron chi connectivity index (χ0n) is 20.8. The van der Waals surface area contributed by atoms with Crippen LogP contribution >= 0.6 is 0 Å². The topological polar surface area (TPSA) is 78.9 Å². The largest absolute Gasteiger partial charge is 0.462 e. The normalized spacial score (nSPS) is 9.75. The quantitative estimate of drug-likeness (QED) is 0.112. The maximum atomic E-state index is 11.0. The molecular weight excluding hydrogens is 408 g/mol. The number of hydrogen-bond acceptors (Lipinski definition) is 6. The van der Waals surface area contributed by atoms with Crippen molar-refractivity contribution in [2.75, 3.05) is 19.8 Å². The van der Waals surface area contributed by atoms with Crippen molar-refractivity contribution in [1.29, 1.82) is 0 Å². The monoisotopic (exact) mass is 452 g/mol. The number of carbonyl (C=O) groups is 3. The van der Waals surface area contributed by atoms with Gasteiger partial charge in [0.1, 0.15) is 0 Å². The van der Waals surface area contributed by atoms with Gasteiger partial charge in [-0.25, -0.2) is 14.4 Å². The number of esters is 3. The molecular formula is C26H44O6. The molecule has 0 bridgehead atoms. The second-order valence-corrected chi connectivity index (χ2v) is 7.93. The Bertz CT molecular complexity index is 561. The van der Waals surface area contributed by atoms with Gasteiger partial charge in [-0.1, -0.05) is 65.2 Å². The molecule has 0 amide bonds. The van der Waals surface area contributed by atoms with Crippen LogP contribution < -0.4 is 0 Å². The van der Waals surface area contributed by atoms with E-state index in [4.69, 9.17) is 14.2 Å². The summed E-state index contributed by atoms with van der Waals surface area (Å²) in [4.78, 5) is 33.0. The molecule has 0 N–H and O–H groups in total. The second-order valence-electron chi connectivity index (χ2n) is 7.93. The smallest absolute Gasteiger partial charge is 0.333 e. The second kappa shape index (κ2) is 21.8. The maximum absolute atomic E-state index is 11.0. The molecule has 184 valence electrons. The molecule has 0 aliphatic carbocycles. The van der Waals surface area contributed by atoms with Gasteiger partial charge in [0.25, 0.3) is 0 Å². The van der Waals surface area contributed by atoms with E-state index in [2.05, 4.69) is 26.7 Å². The Morgan fingerprint density at radius 1 is 0.500 bits per heavy atom. The van der Waals surface area contributed by atoms with E-state index in [1.807, 2.05) is 0 Å². The maximum Gasteiger partial charge on any atom is 0.333 e. The van der Waals surface area contributed by atoms with Crippen molar-refractivity contribution < 1.29 is 28.6 Å². The zero-order chi connectivity index (χ0) is 24.8. The molecule has 0 saturated heterocycles. The Balaban J connectivity index is 0. The van der Waals surface area contributed by atoms with Crippen LogP contribution in [-0.2, 0) is 28.6 Å². The lowest BCUT2D eigenvalue weighted by Gasteiger charge is -2.05. The van der Waals surface area contributed by atoms with Crippen molar-refractivity contribution in [2.45, 2.75) is 91.9 Å². The van der Waals surface area contributed by atoms with Gasteiger partial charge in [0.15, 0.2) is 0 Å².